The molecular formula is C21H25BrF3N3O3S. The van der Waals surface area contributed by atoms with Gasteiger partial charge in [0.2, 0.25) is 5.91 Å². The van der Waals surface area contributed by atoms with Crippen molar-refractivity contribution in [3.8, 4) is 0 Å². The van der Waals surface area contributed by atoms with E-state index in [0.717, 1.165) is 40.8 Å². The Morgan fingerprint density at radius 3 is 2.62 bits per heavy atom. The number of carbonyl (C=O) groups is 2. The van der Waals surface area contributed by atoms with Gasteiger partial charge in [-0.3, -0.25) is 9.48 Å². The summed E-state index contributed by atoms with van der Waals surface area (Å²) in [6.45, 7) is 5.21. The number of aryl methyl sites for hydroxylation is 2. The monoisotopic (exact) mass is 535 g/mol. The fraction of sp³-hybridized carbons (Fsp3) is 0.571. The number of hydrogen-bond donors (Lipinski definition) is 1. The highest BCUT2D eigenvalue weighted by atomic mass is 79.9. The molecule has 3 rings (SSSR count). The molecule has 0 spiro atoms. The summed E-state index contributed by atoms with van der Waals surface area (Å²) in [6, 6.07) is 0. The van der Waals surface area contributed by atoms with Gasteiger partial charge in [0, 0.05) is 11.3 Å². The van der Waals surface area contributed by atoms with Gasteiger partial charge in [0.25, 0.3) is 0 Å². The van der Waals surface area contributed by atoms with Crippen LogP contribution >= 0.6 is 27.3 Å². The minimum atomic E-state index is -4.59. The molecule has 1 unspecified atom stereocenters. The molecule has 32 heavy (non-hydrogen) atoms. The summed E-state index contributed by atoms with van der Waals surface area (Å²) in [5.41, 5.74) is 0.619. The quantitative estimate of drug-likeness (QED) is 0.448. The van der Waals surface area contributed by atoms with E-state index in [1.807, 2.05) is 13.8 Å². The first kappa shape index (κ1) is 24.8. The second-order valence-corrected chi connectivity index (χ2v) is 9.70. The third-order valence-electron chi connectivity index (χ3n) is 5.46. The number of amides is 1. The van der Waals surface area contributed by atoms with Crippen molar-refractivity contribution < 1.29 is 27.5 Å². The number of nitrogens with one attached hydrogen (secondary N) is 1. The van der Waals surface area contributed by atoms with Gasteiger partial charge >= 0.3 is 12.1 Å². The van der Waals surface area contributed by atoms with Crippen LogP contribution in [0, 0.1) is 6.92 Å². The summed E-state index contributed by atoms with van der Waals surface area (Å²) >= 11 is 4.30. The molecule has 1 N–H and O–H groups in total. The number of nitrogens with zero attached hydrogens (tertiary/aromatic N) is 2. The van der Waals surface area contributed by atoms with Crippen molar-refractivity contribution in [3.63, 3.8) is 0 Å². The van der Waals surface area contributed by atoms with Crippen molar-refractivity contribution in [3.05, 3.63) is 31.9 Å². The normalized spacial score (nSPS) is 14.7. The Labute approximate surface area is 196 Å². The van der Waals surface area contributed by atoms with Crippen molar-refractivity contribution in [2.24, 2.45) is 0 Å². The van der Waals surface area contributed by atoms with E-state index in [9.17, 15) is 22.8 Å². The molecule has 1 atom stereocenters. The standard InChI is InChI=1S/C21H25BrF3N3O3S/c1-4-11(2)31-20(30)16-13-7-5-6-8-14(13)32-19(16)26-15(29)9-10-28-12(3)17(22)18(27-28)21(23,24)25/h11H,4-10H2,1-3H3,(H,26,29). The van der Waals surface area contributed by atoms with Crippen LogP contribution in [-0.2, 0) is 35.1 Å². The third kappa shape index (κ3) is 5.36. The average Bonchev–Trinajstić information content (AvgIpc) is 3.23. The molecule has 1 amide bonds. The van der Waals surface area contributed by atoms with E-state index in [-0.39, 0.29) is 29.2 Å². The highest BCUT2D eigenvalue weighted by molar-refractivity contribution is 9.10. The summed E-state index contributed by atoms with van der Waals surface area (Å²) in [4.78, 5) is 26.5. The van der Waals surface area contributed by atoms with Crippen molar-refractivity contribution in [1.29, 1.82) is 0 Å². The molecule has 0 aromatic carbocycles. The highest BCUT2D eigenvalue weighted by Gasteiger charge is 2.38. The largest absolute Gasteiger partial charge is 0.459 e. The van der Waals surface area contributed by atoms with E-state index in [1.165, 1.54) is 18.3 Å². The Morgan fingerprint density at radius 2 is 2.00 bits per heavy atom. The molecule has 1 aliphatic rings. The van der Waals surface area contributed by atoms with Crippen LogP contribution in [0.1, 0.15) is 71.7 Å². The Kier molecular flexibility index (Phi) is 7.69. The van der Waals surface area contributed by atoms with E-state index in [0.29, 0.717) is 17.0 Å². The van der Waals surface area contributed by atoms with Crippen LogP contribution in [0.4, 0.5) is 18.2 Å². The van der Waals surface area contributed by atoms with Gasteiger partial charge in [0.1, 0.15) is 5.00 Å². The van der Waals surface area contributed by atoms with Gasteiger partial charge in [-0.15, -0.1) is 11.3 Å². The topological polar surface area (TPSA) is 73.2 Å². The van der Waals surface area contributed by atoms with Gasteiger partial charge in [-0.2, -0.15) is 18.3 Å². The van der Waals surface area contributed by atoms with Crippen molar-refractivity contribution in [2.75, 3.05) is 5.32 Å². The summed E-state index contributed by atoms with van der Waals surface area (Å²) in [5, 5.41) is 6.83. The van der Waals surface area contributed by atoms with Crippen LogP contribution in [0.25, 0.3) is 0 Å². The van der Waals surface area contributed by atoms with Crippen LogP contribution in [0.5, 0.6) is 0 Å². The number of anilines is 1. The smallest absolute Gasteiger partial charge is 0.436 e. The number of aromatic nitrogens is 2. The zero-order valence-electron chi connectivity index (χ0n) is 18.1. The zero-order chi connectivity index (χ0) is 23.6. The molecule has 0 bridgehead atoms. The second kappa shape index (κ2) is 9.94. The Hall–Kier alpha value is -1.88. The Balaban J connectivity index is 1.75. The fourth-order valence-electron chi connectivity index (χ4n) is 3.51. The molecule has 0 fully saturated rings. The number of thiophene rings is 1. The molecular weight excluding hydrogens is 511 g/mol. The molecule has 2 aromatic heterocycles. The lowest BCUT2D eigenvalue weighted by atomic mass is 9.95. The van der Waals surface area contributed by atoms with Gasteiger partial charge in [-0.05, 0) is 67.4 Å². The lowest BCUT2D eigenvalue weighted by Crippen LogP contribution is -2.20. The molecule has 0 saturated carbocycles. The van der Waals surface area contributed by atoms with Gasteiger partial charge in [0.05, 0.1) is 28.4 Å². The number of rotatable bonds is 7. The van der Waals surface area contributed by atoms with Crippen molar-refractivity contribution in [1.82, 2.24) is 9.78 Å². The highest BCUT2D eigenvalue weighted by Crippen LogP contribution is 2.39. The van der Waals surface area contributed by atoms with Crippen LogP contribution in [0.2, 0.25) is 0 Å². The number of ether oxygens (including phenoxy) is 1. The Bertz CT molecular complexity index is 1020. The first-order chi connectivity index (χ1) is 15.0. The minimum Gasteiger partial charge on any atom is -0.459 e. The number of hydrogen-bond acceptors (Lipinski definition) is 5. The predicted molar refractivity (Wildman–Crippen MR) is 119 cm³/mol. The predicted octanol–water partition coefficient (Wildman–Crippen LogP) is 5.90. The maximum absolute atomic E-state index is 13.0. The number of halogens is 4. The SMILES string of the molecule is CCC(C)OC(=O)c1c(NC(=O)CCn2nc(C(F)(F)F)c(Br)c2C)sc2c1CCCC2. The average molecular weight is 536 g/mol. The summed E-state index contributed by atoms with van der Waals surface area (Å²) in [5.74, 6) is -0.850. The molecule has 0 aliphatic heterocycles. The van der Waals surface area contributed by atoms with Gasteiger partial charge in [-0.25, -0.2) is 4.79 Å². The molecule has 0 radical (unpaired) electrons. The van der Waals surface area contributed by atoms with Crippen LogP contribution < -0.4 is 5.32 Å². The number of fused-ring (bicyclic) bond motifs is 1. The number of carbonyl (C=O) groups excluding carboxylic acids is 2. The number of esters is 1. The zero-order valence-corrected chi connectivity index (χ0v) is 20.5. The van der Waals surface area contributed by atoms with Crippen molar-refractivity contribution >= 4 is 44.1 Å². The van der Waals surface area contributed by atoms with E-state index in [1.54, 1.807) is 0 Å². The number of alkyl halides is 3. The van der Waals surface area contributed by atoms with E-state index in [2.05, 4.69) is 26.3 Å². The maximum Gasteiger partial charge on any atom is 0.436 e. The summed E-state index contributed by atoms with van der Waals surface area (Å²) in [7, 11) is 0. The van der Waals surface area contributed by atoms with Crippen molar-refractivity contribution in [2.45, 2.75) is 78.1 Å². The van der Waals surface area contributed by atoms with Gasteiger partial charge in [-0.1, -0.05) is 6.92 Å². The lowest BCUT2D eigenvalue weighted by Gasteiger charge is -2.15. The van der Waals surface area contributed by atoms with Crippen LogP contribution in [0.3, 0.4) is 0 Å². The molecule has 11 heteroatoms. The molecule has 6 nitrogen and oxygen atoms in total. The molecule has 2 aromatic rings. The third-order valence-corrected chi connectivity index (χ3v) is 7.62. The van der Waals surface area contributed by atoms with E-state index in [4.69, 9.17) is 4.74 Å². The molecule has 0 saturated heterocycles. The molecule has 176 valence electrons. The first-order valence-electron chi connectivity index (χ1n) is 10.5. The summed E-state index contributed by atoms with van der Waals surface area (Å²) < 4.78 is 45.7. The Morgan fingerprint density at radius 1 is 1.31 bits per heavy atom. The maximum atomic E-state index is 13.0. The second-order valence-electron chi connectivity index (χ2n) is 7.81. The lowest BCUT2D eigenvalue weighted by molar-refractivity contribution is -0.142. The van der Waals surface area contributed by atoms with Crippen LogP contribution in [-0.4, -0.2) is 27.8 Å². The molecule has 1 aliphatic carbocycles. The van der Waals surface area contributed by atoms with Gasteiger partial charge in [0.15, 0.2) is 5.69 Å². The fourth-order valence-corrected chi connectivity index (χ4v) is 5.32. The first-order valence-corrected chi connectivity index (χ1v) is 12.1. The van der Waals surface area contributed by atoms with E-state index < -0.39 is 23.7 Å². The summed E-state index contributed by atoms with van der Waals surface area (Å²) in [6.07, 6.45) is -0.640. The van der Waals surface area contributed by atoms with Gasteiger partial charge < -0.3 is 10.1 Å². The van der Waals surface area contributed by atoms with E-state index >= 15 is 0 Å². The minimum absolute atomic E-state index is 0.0237. The van der Waals surface area contributed by atoms with Crippen LogP contribution in [0.15, 0.2) is 4.47 Å². The molecule has 2 heterocycles.